The molecule has 1 aliphatic carbocycles. The van der Waals surface area contributed by atoms with Gasteiger partial charge in [0.25, 0.3) is 0 Å². The molecular weight excluding hydrogens is 719 g/mol. The van der Waals surface area contributed by atoms with Gasteiger partial charge in [0.05, 0.1) is 11.6 Å². The Balaban J connectivity index is 1.03. The molecule has 0 amide bonds. The maximum Gasteiger partial charge on any atom is 0.164 e. The van der Waals surface area contributed by atoms with Crippen molar-refractivity contribution in [3.05, 3.63) is 205 Å². The Labute approximate surface area is 344 Å². The van der Waals surface area contributed by atoms with Crippen molar-refractivity contribution in [1.29, 1.82) is 5.26 Å². The van der Waals surface area contributed by atoms with Crippen molar-refractivity contribution in [3.63, 3.8) is 0 Å². The Morgan fingerprint density at radius 2 is 0.763 bits per heavy atom. The topological polar surface area (TPSA) is 75.3 Å². The number of hydrogen-bond acceptors (Lipinski definition) is 5. The lowest BCUT2D eigenvalue weighted by atomic mass is 9.81. The SMILES string of the molecule is CC1(C)c2cc(C#N)ccc2-c2ccc(-c3cc(-c4ccncc4)cc(-c4ccc(-c5nc(-c6ccccc6)nc(-c6ccc(-c7ccccc7)cc6)n5)cc4)c3)cc21. The van der Waals surface area contributed by atoms with Gasteiger partial charge < -0.3 is 0 Å². The lowest BCUT2D eigenvalue weighted by Gasteiger charge is -2.22. The highest BCUT2D eigenvalue weighted by molar-refractivity contribution is 5.87. The molecule has 59 heavy (non-hydrogen) atoms. The predicted molar refractivity (Wildman–Crippen MR) is 238 cm³/mol. The van der Waals surface area contributed by atoms with E-state index in [-0.39, 0.29) is 5.41 Å². The van der Waals surface area contributed by atoms with E-state index in [2.05, 4.69) is 152 Å². The Kier molecular flexibility index (Phi) is 8.81. The minimum Gasteiger partial charge on any atom is -0.265 e. The maximum absolute atomic E-state index is 9.65. The van der Waals surface area contributed by atoms with Crippen LogP contribution in [0.15, 0.2) is 188 Å². The highest BCUT2D eigenvalue weighted by atomic mass is 15.0. The van der Waals surface area contributed by atoms with E-state index in [1.54, 1.807) is 0 Å². The number of fused-ring (bicyclic) bond motifs is 3. The Morgan fingerprint density at radius 3 is 1.31 bits per heavy atom. The normalized spacial score (nSPS) is 12.4. The molecule has 0 fully saturated rings. The number of nitriles is 1. The molecule has 0 saturated carbocycles. The first-order valence-electron chi connectivity index (χ1n) is 19.7. The lowest BCUT2D eigenvalue weighted by Crippen LogP contribution is -2.15. The van der Waals surface area contributed by atoms with Gasteiger partial charge >= 0.3 is 0 Å². The lowest BCUT2D eigenvalue weighted by molar-refractivity contribution is 0.660. The molecule has 1 aliphatic rings. The largest absolute Gasteiger partial charge is 0.265 e. The van der Waals surface area contributed by atoms with Crippen LogP contribution in [-0.2, 0) is 5.41 Å². The number of hydrogen-bond donors (Lipinski definition) is 0. The van der Waals surface area contributed by atoms with E-state index in [1.807, 2.05) is 60.9 Å². The van der Waals surface area contributed by atoms with Gasteiger partial charge in [-0.25, -0.2) is 15.0 Å². The summed E-state index contributed by atoms with van der Waals surface area (Å²) in [6, 6.07) is 63.4. The fraction of sp³-hybridized carbons (Fsp3) is 0.0556. The summed E-state index contributed by atoms with van der Waals surface area (Å²) < 4.78 is 0. The van der Waals surface area contributed by atoms with E-state index < -0.39 is 0 Å². The molecule has 10 rings (SSSR count). The standard InChI is InChI=1S/C54H37N5/c1-54(2)49-29-35(34-55)13-23-47(49)48-24-22-43(33-50(48)54)46-31-44(30-45(32-46)39-25-27-56-28-26-39)38-16-20-42(21-17-38)53-58-51(40-11-7-4-8-12-40)57-52(59-53)41-18-14-37(15-19-41)36-9-5-3-6-10-36/h3-33H,1-2H3. The van der Waals surface area contributed by atoms with Crippen LogP contribution in [0.4, 0.5) is 0 Å². The zero-order valence-electron chi connectivity index (χ0n) is 32.6. The minimum atomic E-state index is -0.240. The van der Waals surface area contributed by atoms with Crippen molar-refractivity contribution in [3.8, 4) is 95.9 Å². The van der Waals surface area contributed by atoms with E-state index in [9.17, 15) is 5.26 Å². The summed E-state index contributed by atoms with van der Waals surface area (Å²) in [4.78, 5) is 19.3. The number of aromatic nitrogens is 4. The van der Waals surface area contributed by atoms with Gasteiger partial charge in [0.15, 0.2) is 17.5 Å². The second kappa shape index (κ2) is 14.6. The smallest absolute Gasteiger partial charge is 0.164 e. The van der Waals surface area contributed by atoms with Crippen LogP contribution in [0, 0.1) is 11.3 Å². The van der Waals surface area contributed by atoms with E-state index in [4.69, 9.17) is 15.0 Å². The van der Waals surface area contributed by atoms with Gasteiger partial charge in [-0.3, -0.25) is 4.98 Å². The Morgan fingerprint density at radius 1 is 0.373 bits per heavy atom. The molecule has 7 aromatic carbocycles. The molecule has 9 aromatic rings. The average Bonchev–Trinajstić information content (AvgIpc) is 3.54. The summed E-state index contributed by atoms with van der Waals surface area (Å²) in [7, 11) is 0. The summed E-state index contributed by atoms with van der Waals surface area (Å²) in [5, 5.41) is 9.65. The van der Waals surface area contributed by atoms with Crippen molar-refractivity contribution < 1.29 is 0 Å². The molecule has 0 unspecified atom stereocenters. The summed E-state index contributed by atoms with van der Waals surface area (Å²) >= 11 is 0. The summed E-state index contributed by atoms with van der Waals surface area (Å²) in [6.45, 7) is 4.51. The van der Waals surface area contributed by atoms with Crippen LogP contribution < -0.4 is 0 Å². The molecule has 0 radical (unpaired) electrons. The van der Waals surface area contributed by atoms with Crippen molar-refractivity contribution in [1.82, 2.24) is 19.9 Å². The molecule has 5 heteroatoms. The molecule has 5 nitrogen and oxygen atoms in total. The molecule has 0 spiro atoms. The molecule has 2 heterocycles. The zero-order valence-corrected chi connectivity index (χ0v) is 32.6. The molecule has 0 bridgehead atoms. The predicted octanol–water partition coefficient (Wildman–Crippen LogP) is 13.1. The van der Waals surface area contributed by atoms with Gasteiger partial charge in [0.2, 0.25) is 0 Å². The van der Waals surface area contributed by atoms with Crippen molar-refractivity contribution in [2.75, 3.05) is 0 Å². The van der Waals surface area contributed by atoms with Gasteiger partial charge in [-0.15, -0.1) is 0 Å². The van der Waals surface area contributed by atoms with Gasteiger partial charge in [-0.1, -0.05) is 141 Å². The first-order chi connectivity index (χ1) is 28.9. The highest BCUT2D eigenvalue weighted by Gasteiger charge is 2.36. The third-order valence-electron chi connectivity index (χ3n) is 11.5. The fourth-order valence-electron chi connectivity index (χ4n) is 8.26. The zero-order chi connectivity index (χ0) is 39.9. The van der Waals surface area contributed by atoms with Crippen molar-refractivity contribution >= 4 is 0 Å². The van der Waals surface area contributed by atoms with Gasteiger partial charge in [0.1, 0.15) is 0 Å². The summed E-state index contributed by atoms with van der Waals surface area (Å²) in [5.41, 5.74) is 17.0. The van der Waals surface area contributed by atoms with Crippen LogP contribution in [0.1, 0.15) is 30.5 Å². The second-order valence-electron chi connectivity index (χ2n) is 15.5. The van der Waals surface area contributed by atoms with E-state index in [0.717, 1.165) is 61.2 Å². The summed E-state index contributed by atoms with van der Waals surface area (Å²) in [6.07, 6.45) is 3.68. The number of rotatable bonds is 7. The molecule has 2 aromatic heterocycles. The second-order valence-corrected chi connectivity index (χ2v) is 15.5. The summed E-state index contributed by atoms with van der Waals surface area (Å²) in [5.74, 6) is 1.86. The number of pyridine rings is 1. The van der Waals surface area contributed by atoms with E-state index >= 15 is 0 Å². The van der Waals surface area contributed by atoms with Crippen LogP contribution in [0.5, 0.6) is 0 Å². The van der Waals surface area contributed by atoms with Crippen LogP contribution in [0.2, 0.25) is 0 Å². The van der Waals surface area contributed by atoms with Crippen LogP contribution in [0.3, 0.4) is 0 Å². The molecule has 0 saturated heterocycles. The van der Waals surface area contributed by atoms with Gasteiger partial charge in [-0.2, -0.15) is 5.26 Å². The van der Waals surface area contributed by atoms with Crippen molar-refractivity contribution in [2.45, 2.75) is 19.3 Å². The first kappa shape index (κ1) is 35.6. The van der Waals surface area contributed by atoms with Crippen LogP contribution in [0.25, 0.3) is 89.8 Å². The third-order valence-corrected chi connectivity index (χ3v) is 11.5. The van der Waals surface area contributed by atoms with Gasteiger partial charge in [-0.05, 0) is 115 Å². The third kappa shape index (κ3) is 6.67. The number of nitrogens with zero attached hydrogens (tertiary/aromatic N) is 5. The first-order valence-corrected chi connectivity index (χ1v) is 19.7. The monoisotopic (exact) mass is 755 g/mol. The Hall–Kier alpha value is -7.81. The van der Waals surface area contributed by atoms with Crippen molar-refractivity contribution in [2.24, 2.45) is 0 Å². The molecule has 0 aliphatic heterocycles. The number of benzene rings is 7. The molecular formula is C54H37N5. The molecule has 0 atom stereocenters. The van der Waals surface area contributed by atoms with E-state index in [0.29, 0.717) is 23.0 Å². The van der Waals surface area contributed by atoms with Crippen LogP contribution >= 0.6 is 0 Å². The highest BCUT2D eigenvalue weighted by Crippen LogP contribution is 2.50. The Bertz CT molecular complexity index is 3040. The van der Waals surface area contributed by atoms with Gasteiger partial charge in [0, 0.05) is 34.5 Å². The molecule has 278 valence electrons. The fourth-order valence-corrected chi connectivity index (χ4v) is 8.26. The molecule has 0 N–H and O–H groups in total. The van der Waals surface area contributed by atoms with E-state index in [1.165, 1.54) is 22.3 Å². The van der Waals surface area contributed by atoms with Crippen LogP contribution in [-0.4, -0.2) is 19.9 Å². The average molecular weight is 756 g/mol. The minimum absolute atomic E-state index is 0.240. The quantitative estimate of drug-likeness (QED) is 0.162. The maximum atomic E-state index is 9.65.